The van der Waals surface area contributed by atoms with Crippen LogP contribution in [-0.2, 0) is 11.2 Å². The predicted molar refractivity (Wildman–Crippen MR) is 126 cm³/mol. The molecule has 1 aliphatic heterocycles. The standard InChI is InChI=1S/C22H30N2OS.2ClH/c1-4-12-23-13-10-19(11-14-23)24(21(25)16-20-9-6-15-26-20)22-17(2)7-5-8-18(22)3;;/h5-9,15,19H,4,10-14,16H2,1-3H3;2*1H. The fourth-order valence-corrected chi connectivity index (χ4v) is 4.76. The molecule has 0 bridgehead atoms. The number of benzene rings is 1. The number of hydrogen-bond acceptors (Lipinski definition) is 3. The van der Waals surface area contributed by atoms with Gasteiger partial charge >= 0.3 is 0 Å². The summed E-state index contributed by atoms with van der Waals surface area (Å²) in [4.78, 5) is 19.2. The average Bonchev–Trinajstić information content (AvgIpc) is 3.12. The second-order valence-electron chi connectivity index (χ2n) is 7.33. The number of nitrogens with zero attached hydrogens (tertiary/aromatic N) is 2. The van der Waals surface area contributed by atoms with E-state index < -0.39 is 0 Å². The Morgan fingerprint density at radius 1 is 1.11 bits per heavy atom. The monoisotopic (exact) mass is 442 g/mol. The predicted octanol–water partition coefficient (Wildman–Crippen LogP) is 5.66. The van der Waals surface area contributed by atoms with E-state index in [9.17, 15) is 4.79 Å². The molecular weight excluding hydrogens is 411 g/mol. The number of rotatable bonds is 6. The fourth-order valence-electron chi connectivity index (χ4n) is 4.06. The molecule has 1 fully saturated rings. The lowest BCUT2D eigenvalue weighted by molar-refractivity contribution is -0.118. The van der Waals surface area contributed by atoms with Crippen molar-refractivity contribution >= 4 is 47.7 Å². The summed E-state index contributed by atoms with van der Waals surface area (Å²) in [5.41, 5.74) is 3.52. The number of aryl methyl sites for hydroxylation is 2. The first-order valence-electron chi connectivity index (χ1n) is 9.73. The summed E-state index contributed by atoms with van der Waals surface area (Å²) in [6.07, 6.45) is 3.82. The van der Waals surface area contributed by atoms with E-state index in [1.54, 1.807) is 11.3 Å². The topological polar surface area (TPSA) is 23.6 Å². The van der Waals surface area contributed by atoms with E-state index in [0.29, 0.717) is 12.5 Å². The van der Waals surface area contributed by atoms with Gasteiger partial charge in [-0.05, 0) is 62.2 Å². The minimum atomic E-state index is 0. The first-order chi connectivity index (χ1) is 12.6. The molecule has 0 saturated carbocycles. The lowest BCUT2D eigenvalue weighted by Gasteiger charge is -2.39. The first-order valence-corrected chi connectivity index (χ1v) is 10.6. The molecule has 0 unspecified atom stereocenters. The van der Waals surface area contributed by atoms with Gasteiger partial charge in [0.1, 0.15) is 0 Å². The maximum Gasteiger partial charge on any atom is 0.232 e. The van der Waals surface area contributed by atoms with Crippen molar-refractivity contribution in [3.05, 3.63) is 51.7 Å². The van der Waals surface area contributed by atoms with Crippen LogP contribution in [-0.4, -0.2) is 36.5 Å². The molecule has 1 amide bonds. The number of piperidine rings is 1. The van der Waals surface area contributed by atoms with E-state index in [1.165, 1.54) is 24.1 Å². The molecule has 3 nitrogen and oxygen atoms in total. The molecule has 1 aliphatic rings. The summed E-state index contributed by atoms with van der Waals surface area (Å²) in [6.45, 7) is 9.83. The molecule has 0 radical (unpaired) electrons. The van der Waals surface area contributed by atoms with Gasteiger partial charge in [-0.2, -0.15) is 0 Å². The van der Waals surface area contributed by atoms with Crippen LogP contribution in [0.5, 0.6) is 0 Å². The molecule has 3 rings (SSSR count). The van der Waals surface area contributed by atoms with Crippen molar-refractivity contribution in [2.45, 2.75) is 52.5 Å². The van der Waals surface area contributed by atoms with Crippen molar-refractivity contribution < 1.29 is 4.79 Å². The van der Waals surface area contributed by atoms with Gasteiger partial charge in [0.25, 0.3) is 0 Å². The molecule has 28 heavy (non-hydrogen) atoms. The SMILES string of the molecule is CCCN1CCC(N(C(=O)Cc2cccs2)c2c(C)cccc2C)CC1.Cl.Cl. The number of halogens is 2. The van der Waals surface area contributed by atoms with Crippen molar-refractivity contribution in [1.29, 1.82) is 0 Å². The summed E-state index contributed by atoms with van der Waals surface area (Å²) in [5.74, 6) is 0.235. The van der Waals surface area contributed by atoms with Crippen molar-refractivity contribution in [1.82, 2.24) is 4.90 Å². The van der Waals surface area contributed by atoms with Gasteiger partial charge in [0.15, 0.2) is 0 Å². The fraction of sp³-hybridized carbons (Fsp3) is 0.500. The van der Waals surface area contributed by atoms with Crippen LogP contribution in [0.15, 0.2) is 35.7 Å². The van der Waals surface area contributed by atoms with Crippen molar-refractivity contribution in [3.63, 3.8) is 0 Å². The minimum absolute atomic E-state index is 0. The highest BCUT2D eigenvalue weighted by Crippen LogP contribution is 2.31. The van der Waals surface area contributed by atoms with Gasteiger partial charge in [-0.15, -0.1) is 36.2 Å². The molecule has 156 valence electrons. The van der Waals surface area contributed by atoms with E-state index in [1.807, 2.05) is 6.07 Å². The Balaban J connectivity index is 0.00000196. The summed E-state index contributed by atoms with van der Waals surface area (Å²) in [7, 11) is 0. The number of carbonyl (C=O) groups is 1. The molecule has 0 aliphatic carbocycles. The van der Waals surface area contributed by atoms with Gasteiger partial charge in [-0.1, -0.05) is 31.2 Å². The number of hydrogen-bond donors (Lipinski definition) is 0. The van der Waals surface area contributed by atoms with E-state index in [-0.39, 0.29) is 30.7 Å². The van der Waals surface area contributed by atoms with Crippen LogP contribution in [0.3, 0.4) is 0 Å². The Morgan fingerprint density at radius 3 is 2.29 bits per heavy atom. The van der Waals surface area contributed by atoms with Crippen molar-refractivity contribution in [3.8, 4) is 0 Å². The number of amides is 1. The van der Waals surface area contributed by atoms with Gasteiger partial charge in [0.2, 0.25) is 5.91 Å². The highest BCUT2D eigenvalue weighted by atomic mass is 35.5. The van der Waals surface area contributed by atoms with Gasteiger partial charge in [-0.3, -0.25) is 4.79 Å². The summed E-state index contributed by atoms with van der Waals surface area (Å²) in [5, 5.41) is 2.05. The number of para-hydroxylation sites is 1. The molecule has 1 aromatic carbocycles. The molecule has 0 atom stereocenters. The Kier molecular flexibility index (Phi) is 10.5. The zero-order valence-electron chi connectivity index (χ0n) is 17.0. The second-order valence-corrected chi connectivity index (χ2v) is 8.37. The van der Waals surface area contributed by atoms with Crippen LogP contribution in [0, 0.1) is 13.8 Å². The zero-order valence-corrected chi connectivity index (χ0v) is 19.5. The molecule has 0 N–H and O–H groups in total. The molecule has 2 heterocycles. The van der Waals surface area contributed by atoms with E-state index in [0.717, 1.165) is 36.5 Å². The maximum absolute atomic E-state index is 13.3. The molecule has 1 aromatic heterocycles. The highest BCUT2D eigenvalue weighted by molar-refractivity contribution is 7.10. The van der Waals surface area contributed by atoms with Crippen LogP contribution in [0.2, 0.25) is 0 Å². The third-order valence-corrected chi connectivity index (χ3v) is 6.19. The smallest absolute Gasteiger partial charge is 0.232 e. The van der Waals surface area contributed by atoms with Crippen LogP contribution in [0.25, 0.3) is 0 Å². The maximum atomic E-state index is 13.3. The van der Waals surface area contributed by atoms with Crippen LogP contribution < -0.4 is 4.90 Å². The number of carbonyl (C=O) groups excluding carboxylic acids is 1. The lowest BCUT2D eigenvalue weighted by Crippen LogP contribution is -2.48. The molecule has 6 heteroatoms. The highest BCUT2D eigenvalue weighted by Gasteiger charge is 2.30. The largest absolute Gasteiger partial charge is 0.308 e. The van der Waals surface area contributed by atoms with E-state index >= 15 is 0 Å². The summed E-state index contributed by atoms with van der Waals surface area (Å²) < 4.78 is 0. The normalized spacial score (nSPS) is 14.8. The van der Waals surface area contributed by atoms with Crippen molar-refractivity contribution in [2.75, 3.05) is 24.5 Å². The number of anilines is 1. The second kappa shape index (κ2) is 11.8. The summed E-state index contributed by atoms with van der Waals surface area (Å²) >= 11 is 1.67. The first kappa shape index (κ1) is 25.0. The molecule has 2 aromatic rings. The van der Waals surface area contributed by atoms with Crippen LogP contribution in [0.1, 0.15) is 42.2 Å². The average molecular weight is 443 g/mol. The van der Waals surface area contributed by atoms with E-state index in [2.05, 4.69) is 60.2 Å². The number of thiophene rings is 1. The van der Waals surface area contributed by atoms with Gasteiger partial charge in [0, 0.05) is 29.7 Å². The zero-order chi connectivity index (χ0) is 18.5. The Labute approximate surface area is 185 Å². The summed E-state index contributed by atoms with van der Waals surface area (Å²) in [6, 6.07) is 10.7. The van der Waals surface area contributed by atoms with E-state index in [4.69, 9.17) is 0 Å². The third-order valence-electron chi connectivity index (χ3n) is 5.32. The van der Waals surface area contributed by atoms with Crippen LogP contribution >= 0.6 is 36.2 Å². The minimum Gasteiger partial charge on any atom is -0.308 e. The third kappa shape index (κ3) is 5.96. The quantitative estimate of drug-likeness (QED) is 0.575. The Bertz CT molecular complexity index is 708. The Morgan fingerprint density at radius 2 is 1.75 bits per heavy atom. The van der Waals surface area contributed by atoms with Gasteiger partial charge in [0.05, 0.1) is 6.42 Å². The molecular formula is C22H32Cl2N2OS. The van der Waals surface area contributed by atoms with Crippen molar-refractivity contribution in [2.24, 2.45) is 0 Å². The van der Waals surface area contributed by atoms with Gasteiger partial charge < -0.3 is 9.80 Å². The molecule has 0 spiro atoms. The Hall–Kier alpha value is -1.07. The van der Waals surface area contributed by atoms with Crippen LogP contribution in [0.4, 0.5) is 5.69 Å². The number of likely N-dealkylation sites (tertiary alicyclic amines) is 1. The van der Waals surface area contributed by atoms with Gasteiger partial charge in [-0.25, -0.2) is 0 Å². The lowest BCUT2D eigenvalue weighted by atomic mass is 9.98. The molecule has 1 saturated heterocycles.